The molecule has 1 aromatic heterocycles. The number of hydrogen-bond donors (Lipinski definition) is 0. The first kappa shape index (κ1) is 18.4. The zero-order chi connectivity index (χ0) is 19.3. The van der Waals surface area contributed by atoms with Gasteiger partial charge in [-0.25, -0.2) is 0 Å². The summed E-state index contributed by atoms with van der Waals surface area (Å²) in [6.45, 7) is 11.7. The van der Waals surface area contributed by atoms with Gasteiger partial charge in [0.25, 0.3) is 0 Å². The van der Waals surface area contributed by atoms with E-state index in [9.17, 15) is 0 Å². The number of fused-ring (bicyclic) bond motifs is 3. The Kier molecular flexibility index (Phi) is 4.67. The number of nitrogens with zero attached hydrogens (tertiary/aromatic N) is 1. The molecule has 27 heavy (non-hydrogen) atoms. The molecule has 0 saturated carbocycles. The molecule has 2 heterocycles. The second-order valence-corrected chi connectivity index (χ2v) is 11.6. The first-order valence-electron chi connectivity index (χ1n) is 10.2. The highest BCUT2D eigenvalue weighted by Gasteiger charge is 2.26. The third-order valence-corrected chi connectivity index (χ3v) is 7.76. The van der Waals surface area contributed by atoms with Crippen molar-refractivity contribution in [3.63, 3.8) is 0 Å². The maximum Gasteiger partial charge on any atom is 0.135 e. The van der Waals surface area contributed by atoms with Gasteiger partial charge in [0, 0.05) is 24.4 Å². The van der Waals surface area contributed by atoms with Crippen molar-refractivity contribution in [3.8, 4) is 0 Å². The zero-order valence-electron chi connectivity index (χ0n) is 17.5. The number of hydrogen-bond acceptors (Lipinski definition) is 2. The summed E-state index contributed by atoms with van der Waals surface area (Å²) in [6.07, 6.45) is 11.5. The highest BCUT2D eigenvalue weighted by molar-refractivity contribution is 6.65. The van der Waals surface area contributed by atoms with Crippen molar-refractivity contribution < 1.29 is 4.42 Å². The maximum atomic E-state index is 6.16. The van der Waals surface area contributed by atoms with Crippen molar-refractivity contribution >= 4 is 25.8 Å². The van der Waals surface area contributed by atoms with E-state index in [4.69, 9.17) is 4.42 Å². The molecule has 0 fully saturated rings. The molecule has 4 rings (SSSR count). The fourth-order valence-corrected chi connectivity index (χ4v) is 6.14. The molecule has 0 saturated heterocycles. The third-order valence-electron chi connectivity index (χ3n) is 6.03. The molecular formula is C24H31NOSi. The largest absolute Gasteiger partial charge is 0.460 e. The number of likely N-dealkylation sites (N-methyl/N-ethyl adjacent to an activating group) is 1. The fourth-order valence-electron chi connectivity index (χ4n) is 4.51. The van der Waals surface area contributed by atoms with Gasteiger partial charge < -0.3 is 9.32 Å². The van der Waals surface area contributed by atoms with Crippen molar-refractivity contribution in [2.24, 2.45) is 5.92 Å². The number of furan rings is 1. The molecule has 1 aliphatic carbocycles. The van der Waals surface area contributed by atoms with Gasteiger partial charge in [0.2, 0.25) is 0 Å². The van der Waals surface area contributed by atoms with Crippen LogP contribution >= 0.6 is 0 Å². The number of aryl methyl sites for hydroxylation is 2. The molecule has 1 unspecified atom stereocenters. The lowest BCUT2D eigenvalue weighted by molar-refractivity contribution is 0.381. The summed E-state index contributed by atoms with van der Waals surface area (Å²) in [7, 11) is 1.37. The van der Waals surface area contributed by atoms with Gasteiger partial charge in [0.1, 0.15) is 11.3 Å². The Labute approximate surface area is 164 Å². The summed E-state index contributed by atoms with van der Waals surface area (Å²) < 4.78 is 6.16. The van der Waals surface area contributed by atoms with Gasteiger partial charge in [-0.05, 0) is 59.5 Å². The molecule has 0 radical (unpaired) electrons. The van der Waals surface area contributed by atoms with Crippen LogP contribution in [-0.2, 0) is 6.42 Å². The molecule has 0 spiro atoms. The molecule has 1 atom stereocenters. The van der Waals surface area contributed by atoms with Crippen LogP contribution in [0.25, 0.3) is 17.0 Å². The van der Waals surface area contributed by atoms with Crippen LogP contribution in [-0.4, -0.2) is 20.7 Å². The summed E-state index contributed by atoms with van der Waals surface area (Å²) in [6, 6.07) is 4.91. The van der Waals surface area contributed by atoms with Crippen LogP contribution in [0.2, 0.25) is 13.1 Å². The topological polar surface area (TPSA) is 16.4 Å². The summed E-state index contributed by atoms with van der Waals surface area (Å²) >= 11 is 0. The molecule has 0 N–H and O–H groups in total. The second kappa shape index (κ2) is 6.86. The quantitative estimate of drug-likeness (QED) is 0.594. The first-order chi connectivity index (χ1) is 12.9. The summed E-state index contributed by atoms with van der Waals surface area (Å²) in [5.74, 6) is 1.71. The average molecular weight is 378 g/mol. The molecule has 142 valence electrons. The zero-order valence-corrected chi connectivity index (χ0v) is 18.6. The van der Waals surface area contributed by atoms with Crippen LogP contribution in [0.15, 0.2) is 45.7 Å². The lowest BCUT2D eigenvalue weighted by Crippen LogP contribution is -2.27. The number of rotatable bonds is 3. The third kappa shape index (κ3) is 3.12. The second-order valence-electron chi connectivity index (χ2n) is 8.71. The van der Waals surface area contributed by atoms with Crippen LogP contribution in [0.3, 0.4) is 0 Å². The van der Waals surface area contributed by atoms with Gasteiger partial charge in [-0.15, -0.1) is 0 Å². The van der Waals surface area contributed by atoms with Gasteiger partial charge >= 0.3 is 0 Å². The highest BCUT2D eigenvalue weighted by Crippen LogP contribution is 2.39. The number of benzene rings is 1. The van der Waals surface area contributed by atoms with Crippen LogP contribution in [0.4, 0.5) is 0 Å². The van der Waals surface area contributed by atoms with Crippen molar-refractivity contribution in [1.82, 2.24) is 4.90 Å². The van der Waals surface area contributed by atoms with Gasteiger partial charge in [-0.1, -0.05) is 45.2 Å². The molecule has 2 aromatic rings. The van der Waals surface area contributed by atoms with Crippen LogP contribution in [0.5, 0.6) is 0 Å². The van der Waals surface area contributed by atoms with Crippen LogP contribution in [0.1, 0.15) is 48.8 Å². The maximum absolute atomic E-state index is 6.16. The smallest absolute Gasteiger partial charge is 0.135 e. The van der Waals surface area contributed by atoms with E-state index in [0.717, 1.165) is 24.2 Å². The predicted molar refractivity (Wildman–Crippen MR) is 119 cm³/mol. The van der Waals surface area contributed by atoms with E-state index in [1.807, 2.05) is 0 Å². The van der Waals surface area contributed by atoms with Crippen molar-refractivity contribution in [2.45, 2.75) is 52.7 Å². The molecule has 0 bridgehead atoms. The van der Waals surface area contributed by atoms with E-state index < -0.39 is 8.80 Å². The standard InChI is InChI=1S/C24H31NOSi/c1-15(2)18-13-21(25(4)14-24(18)27(5)6)19-12-20-17-9-7-8-10-22(17)26-23(20)11-16(19)3/h7,9,11-15,21,27H,8,10H2,1-6H3. The SMILES string of the molecule is Cc1cc2oc3c(c2cc1C1C=C(C(C)C)C([SiH](C)C)=CN1C)C=CCC3. The minimum Gasteiger partial charge on any atom is -0.460 e. The molecule has 3 heteroatoms. The van der Waals surface area contributed by atoms with E-state index in [0.29, 0.717) is 12.0 Å². The summed E-state index contributed by atoms with van der Waals surface area (Å²) in [4.78, 5) is 2.41. The van der Waals surface area contributed by atoms with E-state index >= 15 is 0 Å². The van der Waals surface area contributed by atoms with Crippen LogP contribution in [0, 0.1) is 12.8 Å². The lowest BCUT2D eigenvalue weighted by Gasteiger charge is -2.35. The minimum atomic E-state index is -0.858. The Morgan fingerprint density at radius 2 is 2.00 bits per heavy atom. The molecule has 2 nitrogen and oxygen atoms in total. The molecule has 2 aliphatic rings. The summed E-state index contributed by atoms with van der Waals surface area (Å²) in [5, 5.41) is 2.87. The van der Waals surface area contributed by atoms with Crippen LogP contribution < -0.4 is 0 Å². The fraction of sp³-hybridized carbons (Fsp3) is 0.417. The van der Waals surface area contributed by atoms with Crippen molar-refractivity contribution in [3.05, 3.63) is 63.7 Å². The molecule has 1 aromatic carbocycles. The van der Waals surface area contributed by atoms with Gasteiger partial charge in [-0.2, -0.15) is 0 Å². The number of allylic oxidation sites excluding steroid dienone is 3. The Morgan fingerprint density at radius 1 is 1.22 bits per heavy atom. The minimum absolute atomic E-state index is 0.293. The van der Waals surface area contributed by atoms with Crippen molar-refractivity contribution in [1.29, 1.82) is 0 Å². The monoisotopic (exact) mass is 377 g/mol. The van der Waals surface area contributed by atoms with Crippen molar-refractivity contribution in [2.75, 3.05) is 7.05 Å². The van der Waals surface area contributed by atoms with E-state index in [-0.39, 0.29) is 0 Å². The molecular weight excluding hydrogens is 346 g/mol. The Bertz CT molecular complexity index is 974. The summed E-state index contributed by atoms with van der Waals surface area (Å²) in [5.41, 5.74) is 6.58. The Balaban J connectivity index is 1.84. The lowest BCUT2D eigenvalue weighted by atomic mass is 9.90. The average Bonchev–Trinajstić information content (AvgIpc) is 2.97. The van der Waals surface area contributed by atoms with Gasteiger partial charge in [0.05, 0.1) is 14.8 Å². The Morgan fingerprint density at radius 3 is 2.70 bits per heavy atom. The first-order valence-corrected chi connectivity index (χ1v) is 13.1. The molecule has 0 amide bonds. The Hall–Kier alpha value is -2.00. The highest BCUT2D eigenvalue weighted by atomic mass is 28.3. The van der Waals surface area contributed by atoms with Gasteiger partial charge in [0.15, 0.2) is 0 Å². The van der Waals surface area contributed by atoms with E-state index in [2.05, 4.69) is 82.4 Å². The van der Waals surface area contributed by atoms with E-state index in [1.54, 1.807) is 10.8 Å². The normalized spacial score (nSPS) is 19.7. The predicted octanol–water partition coefficient (Wildman–Crippen LogP) is 6.18. The molecule has 1 aliphatic heterocycles. The van der Waals surface area contributed by atoms with E-state index in [1.165, 1.54) is 22.1 Å². The van der Waals surface area contributed by atoms with Gasteiger partial charge in [-0.3, -0.25) is 0 Å².